The number of amides is 1. The number of carbonyl (C=O) groups excluding carboxylic acids is 1. The number of nitrogens with one attached hydrogen (secondary N) is 3. The van der Waals surface area contributed by atoms with Gasteiger partial charge < -0.3 is 16.0 Å². The highest BCUT2D eigenvalue weighted by Crippen LogP contribution is 2.35. The number of aryl methyl sites for hydroxylation is 1. The van der Waals surface area contributed by atoms with Gasteiger partial charge in [0, 0.05) is 5.56 Å². The number of benzene rings is 1. The Bertz CT molecular complexity index is 1050. The van der Waals surface area contributed by atoms with E-state index in [0.717, 1.165) is 5.56 Å². The standard InChI is InChI=1S/C19H20FN7OS/c1-9(2)8-13-17(28)24-14-15(23-13)21-10(3)22-16(14)25-19-27-26-18(29-19)11-4-6-12(20)7-5-11/h4-7,9,13H,8H2,1-3H3,(H,24,28)(H2,21,22,23,25,27). The Labute approximate surface area is 171 Å². The van der Waals surface area contributed by atoms with E-state index in [4.69, 9.17) is 0 Å². The Balaban J connectivity index is 1.60. The second-order valence-corrected chi connectivity index (χ2v) is 8.18. The van der Waals surface area contributed by atoms with Crippen LogP contribution in [0.1, 0.15) is 26.1 Å². The van der Waals surface area contributed by atoms with Crippen molar-refractivity contribution in [2.45, 2.75) is 33.2 Å². The summed E-state index contributed by atoms with van der Waals surface area (Å²) in [6, 6.07) is 5.72. The fourth-order valence-corrected chi connectivity index (χ4v) is 3.80. The summed E-state index contributed by atoms with van der Waals surface area (Å²) in [6.07, 6.45) is 0.703. The number of carbonyl (C=O) groups is 1. The molecule has 0 fully saturated rings. The molecule has 10 heteroatoms. The maximum atomic E-state index is 13.1. The van der Waals surface area contributed by atoms with Gasteiger partial charge in [0.25, 0.3) is 0 Å². The molecule has 1 atom stereocenters. The van der Waals surface area contributed by atoms with Crippen molar-refractivity contribution >= 4 is 39.7 Å². The first-order chi connectivity index (χ1) is 13.9. The van der Waals surface area contributed by atoms with Crippen LogP contribution in [0.2, 0.25) is 0 Å². The molecular formula is C19H20FN7OS. The third-order valence-corrected chi connectivity index (χ3v) is 5.23. The molecule has 4 rings (SSSR count). The highest BCUT2D eigenvalue weighted by atomic mass is 32.1. The average molecular weight is 413 g/mol. The molecule has 150 valence electrons. The molecule has 2 aromatic heterocycles. The van der Waals surface area contributed by atoms with E-state index in [1.54, 1.807) is 19.1 Å². The Kier molecular flexibility index (Phi) is 5.10. The first kappa shape index (κ1) is 19.2. The van der Waals surface area contributed by atoms with Gasteiger partial charge in [-0.25, -0.2) is 14.4 Å². The van der Waals surface area contributed by atoms with E-state index in [0.29, 0.717) is 45.6 Å². The predicted molar refractivity (Wildman–Crippen MR) is 111 cm³/mol. The maximum absolute atomic E-state index is 13.1. The van der Waals surface area contributed by atoms with Gasteiger partial charge in [-0.2, -0.15) is 0 Å². The molecule has 0 bridgehead atoms. The summed E-state index contributed by atoms with van der Waals surface area (Å²) >= 11 is 1.30. The number of nitrogens with zero attached hydrogens (tertiary/aromatic N) is 4. The van der Waals surface area contributed by atoms with Gasteiger partial charge in [-0.05, 0) is 43.5 Å². The molecule has 1 amide bonds. The van der Waals surface area contributed by atoms with Gasteiger partial charge in [0.05, 0.1) is 0 Å². The van der Waals surface area contributed by atoms with E-state index in [1.807, 2.05) is 0 Å². The number of fused-ring (bicyclic) bond motifs is 1. The topological polar surface area (TPSA) is 105 Å². The van der Waals surface area contributed by atoms with Crippen molar-refractivity contribution in [2.24, 2.45) is 5.92 Å². The quantitative estimate of drug-likeness (QED) is 0.581. The minimum Gasteiger partial charge on any atom is -0.356 e. The van der Waals surface area contributed by atoms with Crippen LogP contribution in [0.3, 0.4) is 0 Å². The average Bonchev–Trinajstić information content (AvgIpc) is 3.12. The Morgan fingerprint density at radius 2 is 1.97 bits per heavy atom. The van der Waals surface area contributed by atoms with Crippen LogP contribution in [0, 0.1) is 18.7 Å². The third kappa shape index (κ3) is 4.16. The molecule has 0 radical (unpaired) electrons. The van der Waals surface area contributed by atoms with Gasteiger partial charge >= 0.3 is 0 Å². The van der Waals surface area contributed by atoms with E-state index in [1.165, 1.54) is 23.5 Å². The molecule has 1 aliphatic heterocycles. The molecule has 1 aliphatic rings. The first-order valence-electron chi connectivity index (χ1n) is 9.21. The second kappa shape index (κ2) is 7.70. The molecule has 3 heterocycles. The van der Waals surface area contributed by atoms with Gasteiger partial charge in [0.15, 0.2) is 11.6 Å². The summed E-state index contributed by atoms with van der Waals surface area (Å²) in [6.45, 7) is 5.92. The highest BCUT2D eigenvalue weighted by Gasteiger charge is 2.30. The Hall–Kier alpha value is -3.14. The van der Waals surface area contributed by atoms with Crippen LogP contribution in [0.5, 0.6) is 0 Å². The van der Waals surface area contributed by atoms with E-state index >= 15 is 0 Å². The summed E-state index contributed by atoms with van der Waals surface area (Å²) < 4.78 is 13.1. The summed E-state index contributed by atoms with van der Waals surface area (Å²) in [5.74, 6) is 1.52. The van der Waals surface area contributed by atoms with E-state index < -0.39 is 0 Å². The zero-order chi connectivity index (χ0) is 20.5. The summed E-state index contributed by atoms with van der Waals surface area (Å²) in [5, 5.41) is 18.7. The lowest BCUT2D eigenvalue weighted by atomic mass is 10.0. The number of hydrogen-bond donors (Lipinski definition) is 3. The Morgan fingerprint density at radius 3 is 2.69 bits per heavy atom. The number of rotatable bonds is 5. The van der Waals surface area contributed by atoms with Crippen molar-refractivity contribution in [1.29, 1.82) is 0 Å². The molecule has 3 N–H and O–H groups in total. The lowest BCUT2D eigenvalue weighted by Gasteiger charge is -2.28. The van der Waals surface area contributed by atoms with Crippen molar-refractivity contribution in [3.05, 3.63) is 35.9 Å². The maximum Gasteiger partial charge on any atom is 0.247 e. The van der Waals surface area contributed by atoms with Crippen molar-refractivity contribution in [2.75, 3.05) is 16.0 Å². The molecule has 1 aromatic carbocycles. The summed E-state index contributed by atoms with van der Waals surface area (Å²) in [4.78, 5) is 21.3. The minimum absolute atomic E-state index is 0.119. The van der Waals surface area contributed by atoms with Gasteiger partial charge in [0.2, 0.25) is 11.0 Å². The van der Waals surface area contributed by atoms with Gasteiger partial charge in [-0.1, -0.05) is 25.2 Å². The van der Waals surface area contributed by atoms with Crippen LogP contribution in [-0.4, -0.2) is 32.1 Å². The SMILES string of the molecule is Cc1nc(Nc2nnc(-c3ccc(F)cc3)s2)c2c(n1)NC(CC(C)C)C(=O)N2. The molecular weight excluding hydrogens is 393 g/mol. The van der Waals surface area contributed by atoms with Crippen molar-refractivity contribution in [1.82, 2.24) is 20.2 Å². The first-order valence-corrected chi connectivity index (χ1v) is 10.0. The molecule has 8 nitrogen and oxygen atoms in total. The molecule has 0 saturated heterocycles. The molecule has 3 aromatic rings. The largest absolute Gasteiger partial charge is 0.356 e. The van der Waals surface area contributed by atoms with Crippen molar-refractivity contribution in [3.63, 3.8) is 0 Å². The molecule has 1 unspecified atom stereocenters. The van der Waals surface area contributed by atoms with Crippen LogP contribution in [0.4, 0.5) is 26.8 Å². The number of hydrogen-bond acceptors (Lipinski definition) is 8. The highest BCUT2D eigenvalue weighted by molar-refractivity contribution is 7.18. The predicted octanol–water partition coefficient (Wildman–Crippen LogP) is 3.96. The van der Waals surface area contributed by atoms with Gasteiger partial charge in [-0.15, -0.1) is 10.2 Å². The van der Waals surface area contributed by atoms with E-state index in [2.05, 4.69) is 50.0 Å². The lowest BCUT2D eigenvalue weighted by molar-refractivity contribution is -0.117. The number of anilines is 4. The van der Waals surface area contributed by atoms with Crippen LogP contribution < -0.4 is 16.0 Å². The lowest BCUT2D eigenvalue weighted by Crippen LogP contribution is -2.40. The third-order valence-electron chi connectivity index (χ3n) is 4.35. The zero-order valence-electron chi connectivity index (χ0n) is 16.2. The molecule has 29 heavy (non-hydrogen) atoms. The smallest absolute Gasteiger partial charge is 0.247 e. The van der Waals surface area contributed by atoms with Crippen molar-refractivity contribution in [3.8, 4) is 10.6 Å². The Morgan fingerprint density at radius 1 is 1.21 bits per heavy atom. The van der Waals surface area contributed by atoms with E-state index in [9.17, 15) is 9.18 Å². The van der Waals surface area contributed by atoms with Crippen LogP contribution in [0.15, 0.2) is 24.3 Å². The number of halogens is 1. The van der Waals surface area contributed by atoms with Crippen LogP contribution in [-0.2, 0) is 4.79 Å². The second-order valence-electron chi connectivity index (χ2n) is 7.20. The molecule has 0 saturated carbocycles. The fourth-order valence-electron chi connectivity index (χ4n) is 3.05. The molecule has 0 spiro atoms. The van der Waals surface area contributed by atoms with Crippen molar-refractivity contribution < 1.29 is 9.18 Å². The van der Waals surface area contributed by atoms with Crippen LogP contribution >= 0.6 is 11.3 Å². The van der Waals surface area contributed by atoms with Gasteiger partial charge in [-0.3, -0.25) is 4.79 Å². The summed E-state index contributed by atoms with van der Waals surface area (Å²) in [5.41, 5.74) is 1.25. The normalized spacial score (nSPS) is 15.6. The fraction of sp³-hybridized carbons (Fsp3) is 0.316. The molecule has 0 aliphatic carbocycles. The zero-order valence-corrected chi connectivity index (χ0v) is 17.0. The summed E-state index contributed by atoms with van der Waals surface area (Å²) in [7, 11) is 0. The van der Waals surface area contributed by atoms with Gasteiger partial charge in [0.1, 0.15) is 28.4 Å². The van der Waals surface area contributed by atoms with E-state index in [-0.39, 0.29) is 17.8 Å². The minimum atomic E-state index is -0.337. The van der Waals surface area contributed by atoms with Crippen LogP contribution in [0.25, 0.3) is 10.6 Å². The number of aromatic nitrogens is 4. The monoisotopic (exact) mass is 413 g/mol.